The summed E-state index contributed by atoms with van der Waals surface area (Å²) in [5.74, 6) is 0.412. The van der Waals surface area contributed by atoms with Crippen LogP contribution in [0.2, 0.25) is 0 Å². The number of anilines is 1. The van der Waals surface area contributed by atoms with Gasteiger partial charge in [-0.25, -0.2) is 4.79 Å². The average Bonchev–Trinajstić information content (AvgIpc) is 2.96. The second-order valence-corrected chi connectivity index (χ2v) is 12.7. The van der Waals surface area contributed by atoms with Crippen LogP contribution in [0.4, 0.5) is 5.69 Å². The summed E-state index contributed by atoms with van der Waals surface area (Å²) in [5, 5.41) is 0. The van der Waals surface area contributed by atoms with E-state index in [0.717, 1.165) is 24.8 Å². The summed E-state index contributed by atoms with van der Waals surface area (Å²) in [7, 11) is 1.27. The van der Waals surface area contributed by atoms with Crippen LogP contribution in [0.3, 0.4) is 0 Å². The molecule has 210 valence electrons. The molecule has 7 nitrogen and oxygen atoms in total. The number of methoxy groups -OCH3 is 1. The van der Waals surface area contributed by atoms with Gasteiger partial charge in [0.05, 0.1) is 19.3 Å². The van der Waals surface area contributed by atoms with Crippen molar-refractivity contribution in [3.05, 3.63) is 65.7 Å². The lowest BCUT2D eigenvalue weighted by Gasteiger charge is -2.58. The molecule has 4 aliphatic carbocycles. The molecular formula is C33H38N2O5. The molecule has 7 rings (SSSR count). The highest BCUT2D eigenvalue weighted by atomic mass is 16.5. The highest BCUT2D eigenvalue weighted by Crippen LogP contribution is 2.62. The van der Waals surface area contributed by atoms with E-state index >= 15 is 0 Å². The van der Waals surface area contributed by atoms with E-state index in [-0.39, 0.29) is 30.1 Å². The van der Waals surface area contributed by atoms with E-state index in [4.69, 9.17) is 4.74 Å². The molecule has 2 aromatic rings. The number of carbonyl (C=O) groups excluding carboxylic acids is 4. The first-order valence-corrected chi connectivity index (χ1v) is 14.6. The molecule has 40 heavy (non-hydrogen) atoms. The Labute approximate surface area is 235 Å². The van der Waals surface area contributed by atoms with Crippen molar-refractivity contribution in [1.82, 2.24) is 4.90 Å². The van der Waals surface area contributed by atoms with Crippen molar-refractivity contribution >= 4 is 29.3 Å². The Kier molecular flexibility index (Phi) is 7.01. The zero-order chi connectivity index (χ0) is 28.0. The molecule has 2 amide bonds. The number of ketones is 1. The fraction of sp³-hybridized carbons (Fsp3) is 0.515. The van der Waals surface area contributed by atoms with Crippen molar-refractivity contribution in [3.63, 3.8) is 0 Å². The minimum absolute atomic E-state index is 0.0422. The smallest absolute Gasteiger partial charge is 0.329 e. The first-order chi connectivity index (χ1) is 19.3. The van der Waals surface area contributed by atoms with Gasteiger partial charge in [0, 0.05) is 18.9 Å². The van der Waals surface area contributed by atoms with E-state index in [1.54, 1.807) is 23.1 Å². The molecule has 0 spiro atoms. The van der Waals surface area contributed by atoms with E-state index < -0.39 is 24.0 Å². The zero-order valence-electron chi connectivity index (χ0n) is 23.4. The maximum atomic E-state index is 14.9. The number of nitrogens with zero attached hydrogens (tertiary/aromatic N) is 2. The molecule has 0 N–H and O–H groups in total. The second-order valence-electron chi connectivity index (χ2n) is 12.7. The quantitative estimate of drug-likeness (QED) is 0.487. The fourth-order valence-corrected chi connectivity index (χ4v) is 8.80. The minimum Gasteiger partial charge on any atom is -0.467 e. The molecule has 1 aliphatic heterocycles. The van der Waals surface area contributed by atoms with E-state index in [1.165, 1.54) is 38.2 Å². The van der Waals surface area contributed by atoms with Gasteiger partial charge in [-0.1, -0.05) is 42.5 Å². The van der Waals surface area contributed by atoms with Gasteiger partial charge >= 0.3 is 5.97 Å². The molecule has 2 atom stereocenters. The highest BCUT2D eigenvalue weighted by molar-refractivity contribution is 6.10. The molecule has 1 heterocycles. The predicted octanol–water partition coefficient (Wildman–Crippen LogP) is 5.17. The van der Waals surface area contributed by atoms with Gasteiger partial charge in [-0.2, -0.15) is 0 Å². The molecule has 4 bridgehead atoms. The summed E-state index contributed by atoms with van der Waals surface area (Å²) in [6.45, 7) is 1.66. The van der Waals surface area contributed by atoms with Gasteiger partial charge in [0.25, 0.3) is 0 Å². The molecule has 7 heteroatoms. The number of fused-ring (bicyclic) bond motifs is 1. The topological polar surface area (TPSA) is 84.0 Å². The van der Waals surface area contributed by atoms with Crippen molar-refractivity contribution in [1.29, 1.82) is 0 Å². The van der Waals surface area contributed by atoms with Crippen LogP contribution < -0.4 is 4.90 Å². The summed E-state index contributed by atoms with van der Waals surface area (Å²) < 4.78 is 5.13. The Hall–Kier alpha value is -3.48. The fourth-order valence-electron chi connectivity index (χ4n) is 8.80. The standard InChI is InChI=1S/C33H38N2O5/c1-21(36)35-28(32(39)40-2)15-30(37)26-10-6-7-11-27(26)34(20-22-8-4-3-5-9-22)31(38)29(35)19-33-16-23-12-24(17-33)14-25(13-23)18-33/h3-11,23-25,28-29H,12-20H2,1-2H3/t23?,24?,25?,28-,29+,33?/m0/s1. The maximum absolute atomic E-state index is 14.9. The first-order valence-electron chi connectivity index (χ1n) is 14.6. The van der Waals surface area contributed by atoms with Crippen LogP contribution in [0.5, 0.6) is 0 Å². The summed E-state index contributed by atoms with van der Waals surface area (Å²) in [6, 6.07) is 14.7. The van der Waals surface area contributed by atoms with Crippen molar-refractivity contribution < 1.29 is 23.9 Å². The second kappa shape index (κ2) is 10.5. The van der Waals surface area contributed by atoms with Gasteiger partial charge in [-0.3, -0.25) is 14.4 Å². The molecule has 0 radical (unpaired) electrons. The van der Waals surface area contributed by atoms with E-state index in [1.807, 2.05) is 36.4 Å². The van der Waals surface area contributed by atoms with Crippen LogP contribution in [0, 0.1) is 23.2 Å². The number of Topliss-reactive ketones (excluding diaryl/α,β-unsaturated/α-hetero) is 1. The SMILES string of the molecule is COC(=O)[C@@H]1CC(=O)c2ccccc2N(Cc2ccccc2)C(=O)[C@@H](CC23CC4CC(CC(C4)C2)C3)N1C(C)=O. The predicted molar refractivity (Wildman–Crippen MR) is 150 cm³/mol. The summed E-state index contributed by atoms with van der Waals surface area (Å²) in [6.07, 6.45) is 7.25. The van der Waals surface area contributed by atoms with Crippen molar-refractivity contribution in [3.8, 4) is 0 Å². The maximum Gasteiger partial charge on any atom is 0.329 e. The van der Waals surface area contributed by atoms with E-state index in [9.17, 15) is 19.2 Å². The molecule has 4 saturated carbocycles. The van der Waals surface area contributed by atoms with Gasteiger partial charge in [0.15, 0.2) is 5.78 Å². The number of rotatable bonds is 5. The molecule has 2 aromatic carbocycles. The van der Waals surface area contributed by atoms with Crippen molar-refractivity contribution in [2.75, 3.05) is 12.0 Å². The van der Waals surface area contributed by atoms with Crippen LogP contribution >= 0.6 is 0 Å². The van der Waals surface area contributed by atoms with Crippen LogP contribution in [-0.4, -0.2) is 47.7 Å². The van der Waals surface area contributed by atoms with Crippen LogP contribution in [0.1, 0.15) is 74.2 Å². The average molecular weight is 543 g/mol. The van der Waals surface area contributed by atoms with Crippen molar-refractivity contribution in [2.24, 2.45) is 23.2 Å². The first kappa shape index (κ1) is 26.7. The molecular weight excluding hydrogens is 504 g/mol. The number of carbonyl (C=O) groups is 4. The van der Waals surface area contributed by atoms with Crippen LogP contribution in [0.15, 0.2) is 54.6 Å². The largest absolute Gasteiger partial charge is 0.467 e. The third-order valence-corrected chi connectivity index (χ3v) is 9.91. The zero-order valence-corrected chi connectivity index (χ0v) is 23.4. The van der Waals surface area contributed by atoms with Gasteiger partial charge in [0.1, 0.15) is 12.1 Å². The number of ether oxygens (including phenoxy) is 1. The number of para-hydroxylation sites is 1. The lowest BCUT2D eigenvalue weighted by atomic mass is 9.48. The van der Waals surface area contributed by atoms with Gasteiger partial charge in [-0.15, -0.1) is 0 Å². The van der Waals surface area contributed by atoms with Crippen LogP contribution in [-0.2, 0) is 25.7 Å². The Morgan fingerprint density at radius 1 is 0.900 bits per heavy atom. The molecule has 0 unspecified atom stereocenters. The number of benzene rings is 2. The highest BCUT2D eigenvalue weighted by Gasteiger charge is 2.54. The van der Waals surface area contributed by atoms with Crippen molar-refractivity contribution in [2.45, 2.75) is 76.9 Å². The summed E-state index contributed by atoms with van der Waals surface area (Å²) in [5.41, 5.74) is 1.77. The monoisotopic (exact) mass is 542 g/mol. The van der Waals surface area contributed by atoms with Gasteiger partial charge in [-0.05, 0) is 85.8 Å². The third-order valence-electron chi connectivity index (χ3n) is 9.91. The third kappa shape index (κ3) is 4.84. The van der Waals surface area contributed by atoms with E-state index in [2.05, 4.69) is 0 Å². The number of esters is 1. The number of hydrogen-bond acceptors (Lipinski definition) is 5. The minimum atomic E-state index is -1.16. The number of hydrogen-bond donors (Lipinski definition) is 0. The molecule has 5 aliphatic rings. The Morgan fingerprint density at radius 2 is 1.50 bits per heavy atom. The Morgan fingerprint density at radius 3 is 2.10 bits per heavy atom. The molecule has 0 saturated heterocycles. The van der Waals surface area contributed by atoms with Gasteiger partial charge in [0.2, 0.25) is 11.8 Å². The molecule has 4 fully saturated rings. The lowest BCUT2D eigenvalue weighted by molar-refractivity contribution is -0.158. The molecule has 0 aromatic heterocycles. The normalized spacial score (nSPS) is 31.3. The summed E-state index contributed by atoms with van der Waals surface area (Å²) in [4.78, 5) is 58.3. The lowest BCUT2D eigenvalue weighted by Crippen LogP contribution is -2.59. The Balaban J connectivity index is 1.49. The van der Waals surface area contributed by atoms with Crippen LogP contribution in [0.25, 0.3) is 0 Å². The number of amides is 2. The van der Waals surface area contributed by atoms with E-state index in [0.29, 0.717) is 35.4 Å². The summed E-state index contributed by atoms with van der Waals surface area (Å²) >= 11 is 0. The van der Waals surface area contributed by atoms with Gasteiger partial charge < -0.3 is 14.5 Å². The Bertz CT molecular complexity index is 1290.